The number of carbonyl (C=O) groups excluding carboxylic acids is 1. The van der Waals surface area contributed by atoms with Crippen molar-refractivity contribution in [1.29, 1.82) is 0 Å². The maximum absolute atomic E-state index is 13.2. The highest BCUT2D eigenvalue weighted by Crippen LogP contribution is 2.34. The quantitative estimate of drug-likeness (QED) is 0.302. The van der Waals surface area contributed by atoms with Crippen LogP contribution in [-0.2, 0) is 11.3 Å². The van der Waals surface area contributed by atoms with E-state index in [-0.39, 0.29) is 17.5 Å². The molecule has 7 heteroatoms. The Morgan fingerprint density at radius 1 is 1.13 bits per heavy atom. The van der Waals surface area contributed by atoms with Crippen LogP contribution in [0, 0.1) is 12.7 Å². The van der Waals surface area contributed by atoms with Crippen LogP contribution < -0.4 is 4.90 Å². The van der Waals surface area contributed by atoms with Gasteiger partial charge in [-0.25, -0.2) is 9.37 Å². The molecule has 0 saturated carbocycles. The van der Waals surface area contributed by atoms with Crippen LogP contribution in [0.5, 0.6) is 0 Å². The van der Waals surface area contributed by atoms with Crippen molar-refractivity contribution in [2.24, 2.45) is 0 Å². The van der Waals surface area contributed by atoms with Crippen molar-refractivity contribution in [3.05, 3.63) is 88.7 Å². The molecule has 4 rings (SSSR count). The van der Waals surface area contributed by atoms with Gasteiger partial charge in [0.05, 0.1) is 22.5 Å². The van der Waals surface area contributed by atoms with Gasteiger partial charge in [0, 0.05) is 9.92 Å². The molecule has 0 radical (unpaired) electrons. The number of anilines is 1. The summed E-state index contributed by atoms with van der Waals surface area (Å²) >= 11 is 9.04. The van der Waals surface area contributed by atoms with E-state index in [9.17, 15) is 9.18 Å². The third kappa shape index (κ3) is 4.83. The van der Waals surface area contributed by atoms with E-state index in [0.29, 0.717) is 16.7 Å². The monoisotopic (exact) mass is 456 g/mol. The Kier molecular flexibility index (Phi) is 6.37. The SMILES string of the molecule is Cc1cc(Cl)cc2sc(N(Cc3ccccc3)C(=O)CSc3ccc(F)cc3)nc12. The molecule has 0 saturated heterocycles. The second-order valence-electron chi connectivity index (χ2n) is 6.77. The number of hydrogen-bond acceptors (Lipinski definition) is 4. The predicted molar refractivity (Wildman–Crippen MR) is 124 cm³/mol. The number of aromatic nitrogens is 1. The molecule has 3 nitrogen and oxygen atoms in total. The number of nitrogens with zero attached hydrogens (tertiary/aromatic N) is 2. The lowest BCUT2D eigenvalue weighted by atomic mass is 10.2. The Morgan fingerprint density at radius 3 is 2.60 bits per heavy atom. The summed E-state index contributed by atoms with van der Waals surface area (Å²) in [6, 6.07) is 19.7. The fraction of sp³-hybridized carbons (Fsp3) is 0.130. The van der Waals surface area contributed by atoms with E-state index in [4.69, 9.17) is 16.6 Å². The molecule has 0 fully saturated rings. The van der Waals surface area contributed by atoms with E-state index >= 15 is 0 Å². The van der Waals surface area contributed by atoms with E-state index in [2.05, 4.69) is 0 Å². The number of benzene rings is 3. The van der Waals surface area contributed by atoms with Gasteiger partial charge >= 0.3 is 0 Å². The Labute approximate surface area is 187 Å². The number of amides is 1. The zero-order valence-corrected chi connectivity index (χ0v) is 18.5. The second-order valence-corrected chi connectivity index (χ2v) is 9.27. The molecular weight excluding hydrogens is 439 g/mol. The van der Waals surface area contributed by atoms with Gasteiger partial charge < -0.3 is 0 Å². The Morgan fingerprint density at radius 2 is 1.87 bits per heavy atom. The molecule has 1 heterocycles. The topological polar surface area (TPSA) is 33.2 Å². The molecule has 3 aromatic carbocycles. The highest BCUT2D eigenvalue weighted by atomic mass is 35.5. The van der Waals surface area contributed by atoms with Crippen molar-refractivity contribution in [3.63, 3.8) is 0 Å². The summed E-state index contributed by atoms with van der Waals surface area (Å²) in [7, 11) is 0. The lowest BCUT2D eigenvalue weighted by Crippen LogP contribution is -2.31. The lowest BCUT2D eigenvalue weighted by Gasteiger charge is -2.20. The van der Waals surface area contributed by atoms with E-state index < -0.39 is 0 Å². The second kappa shape index (κ2) is 9.16. The summed E-state index contributed by atoms with van der Waals surface area (Å²) in [5.41, 5.74) is 2.86. The van der Waals surface area contributed by atoms with Crippen molar-refractivity contribution in [2.75, 3.05) is 10.7 Å². The summed E-state index contributed by atoms with van der Waals surface area (Å²) in [4.78, 5) is 20.5. The summed E-state index contributed by atoms with van der Waals surface area (Å²) in [6.45, 7) is 2.39. The first-order valence-corrected chi connectivity index (χ1v) is 11.5. The van der Waals surface area contributed by atoms with Crippen molar-refractivity contribution < 1.29 is 9.18 Å². The molecule has 0 atom stereocenters. The van der Waals surface area contributed by atoms with Crippen molar-refractivity contribution in [3.8, 4) is 0 Å². The molecule has 0 N–H and O–H groups in total. The number of halogens is 2. The van der Waals surface area contributed by atoms with Crippen LogP contribution in [-0.4, -0.2) is 16.6 Å². The highest BCUT2D eigenvalue weighted by molar-refractivity contribution is 8.00. The van der Waals surface area contributed by atoms with Crippen LogP contribution in [0.1, 0.15) is 11.1 Å². The fourth-order valence-corrected chi connectivity index (χ4v) is 5.25. The Bertz CT molecular complexity index is 1180. The minimum Gasteiger partial charge on any atom is -0.283 e. The van der Waals surface area contributed by atoms with Gasteiger partial charge in [-0.05, 0) is 54.4 Å². The lowest BCUT2D eigenvalue weighted by molar-refractivity contribution is -0.116. The Hall–Kier alpha value is -2.41. The Balaban J connectivity index is 1.63. The third-order valence-electron chi connectivity index (χ3n) is 4.53. The molecule has 1 aromatic heterocycles. The summed E-state index contributed by atoms with van der Waals surface area (Å²) in [5, 5.41) is 1.30. The minimum atomic E-state index is -0.292. The maximum atomic E-state index is 13.2. The van der Waals surface area contributed by atoms with Gasteiger partial charge in [-0.3, -0.25) is 9.69 Å². The van der Waals surface area contributed by atoms with E-state index in [1.54, 1.807) is 17.0 Å². The molecule has 0 spiro atoms. The van der Waals surface area contributed by atoms with Gasteiger partial charge in [-0.1, -0.05) is 53.3 Å². The molecule has 0 aliphatic rings. The number of aryl methyl sites for hydroxylation is 1. The third-order valence-corrected chi connectivity index (χ3v) is 6.77. The van der Waals surface area contributed by atoms with E-state index in [1.165, 1.54) is 35.2 Å². The van der Waals surface area contributed by atoms with Crippen LogP contribution in [0.2, 0.25) is 5.02 Å². The fourth-order valence-electron chi connectivity index (χ4n) is 3.04. The van der Waals surface area contributed by atoms with Crippen molar-refractivity contribution in [2.45, 2.75) is 18.4 Å². The van der Waals surface area contributed by atoms with Crippen LogP contribution in [0.25, 0.3) is 10.2 Å². The number of fused-ring (bicyclic) bond motifs is 1. The molecule has 0 unspecified atom stereocenters. The van der Waals surface area contributed by atoms with Gasteiger partial charge in [-0.15, -0.1) is 11.8 Å². The summed E-state index contributed by atoms with van der Waals surface area (Å²) in [5.74, 6) is -0.121. The average molecular weight is 457 g/mol. The van der Waals surface area contributed by atoms with Crippen molar-refractivity contribution in [1.82, 2.24) is 4.98 Å². The van der Waals surface area contributed by atoms with Gasteiger partial charge in [-0.2, -0.15) is 0 Å². The normalized spacial score (nSPS) is 11.0. The summed E-state index contributed by atoms with van der Waals surface area (Å²) < 4.78 is 14.1. The smallest absolute Gasteiger partial charge is 0.239 e. The van der Waals surface area contributed by atoms with Crippen LogP contribution >= 0.6 is 34.7 Å². The average Bonchev–Trinajstić information content (AvgIpc) is 3.16. The van der Waals surface area contributed by atoms with Crippen LogP contribution in [0.4, 0.5) is 9.52 Å². The van der Waals surface area contributed by atoms with Gasteiger partial charge in [0.2, 0.25) is 5.91 Å². The molecule has 1 amide bonds. The van der Waals surface area contributed by atoms with Gasteiger partial charge in [0.1, 0.15) is 5.82 Å². The number of hydrogen-bond donors (Lipinski definition) is 0. The zero-order chi connectivity index (χ0) is 21.1. The number of thioether (sulfide) groups is 1. The molecule has 0 bridgehead atoms. The van der Waals surface area contributed by atoms with Gasteiger partial charge in [0.25, 0.3) is 0 Å². The highest BCUT2D eigenvalue weighted by Gasteiger charge is 2.21. The standard InChI is InChI=1S/C23H18ClFN2OS2/c1-15-11-17(24)12-20-22(15)26-23(30-20)27(13-16-5-3-2-4-6-16)21(28)14-29-19-9-7-18(25)8-10-19/h2-12H,13-14H2,1H3. The van der Waals surface area contributed by atoms with Crippen LogP contribution in [0.3, 0.4) is 0 Å². The zero-order valence-electron chi connectivity index (χ0n) is 16.1. The molecule has 0 aliphatic heterocycles. The first kappa shape index (κ1) is 20.8. The molecular formula is C23H18ClFN2OS2. The van der Waals surface area contributed by atoms with Crippen molar-refractivity contribution >= 4 is 56.0 Å². The number of carbonyl (C=O) groups is 1. The maximum Gasteiger partial charge on any atom is 0.239 e. The van der Waals surface area contributed by atoms with Crippen LogP contribution in [0.15, 0.2) is 71.6 Å². The predicted octanol–water partition coefficient (Wildman–Crippen LogP) is 6.72. The van der Waals surface area contributed by atoms with E-state index in [1.807, 2.05) is 49.4 Å². The largest absolute Gasteiger partial charge is 0.283 e. The minimum absolute atomic E-state index is 0.0593. The number of thiazole rings is 1. The first-order chi connectivity index (χ1) is 14.5. The molecule has 0 aliphatic carbocycles. The summed E-state index contributed by atoms with van der Waals surface area (Å²) in [6.07, 6.45) is 0. The molecule has 152 valence electrons. The van der Waals surface area contributed by atoms with Gasteiger partial charge in [0.15, 0.2) is 5.13 Å². The van der Waals surface area contributed by atoms with E-state index in [0.717, 1.165) is 26.2 Å². The number of rotatable bonds is 6. The molecule has 30 heavy (non-hydrogen) atoms. The first-order valence-electron chi connectivity index (χ1n) is 9.29. The molecule has 4 aromatic rings.